The van der Waals surface area contributed by atoms with E-state index in [1.807, 2.05) is 30.3 Å². The van der Waals surface area contributed by atoms with Crippen LogP contribution in [-0.4, -0.2) is 23.8 Å². The summed E-state index contributed by atoms with van der Waals surface area (Å²) in [5, 5.41) is 9.99. The summed E-state index contributed by atoms with van der Waals surface area (Å²) in [5.74, 6) is 5.35. The van der Waals surface area contributed by atoms with Crippen LogP contribution < -0.4 is 0 Å². The number of allylic oxidation sites excluding steroid dienone is 2. The Morgan fingerprint density at radius 3 is 2.63 bits per heavy atom. The number of carbonyl (C=O) groups is 1. The van der Waals surface area contributed by atoms with Gasteiger partial charge in [-0.1, -0.05) is 36.1 Å². The van der Waals surface area contributed by atoms with E-state index >= 15 is 0 Å². The van der Waals surface area contributed by atoms with Crippen molar-refractivity contribution in [3.8, 4) is 11.8 Å². The predicted octanol–water partition coefficient (Wildman–Crippen LogP) is 1.83. The summed E-state index contributed by atoms with van der Waals surface area (Å²) in [5.41, 5.74) is 0.134. The molecule has 2 rings (SSSR count). The van der Waals surface area contributed by atoms with Crippen molar-refractivity contribution in [1.29, 1.82) is 0 Å². The van der Waals surface area contributed by atoms with Crippen LogP contribution in [0.1, 0.15) is 12.0 Å². The lowest BCUT2D eigenvalue weighted by Gasteiger charge is -2.22. The molecule has 1 atom stereocenters. The standard InChI is InChI=1S/C16H14O3/c1-19-15(17)16(18)11-9-14(10-12-16)8-7-13-5-3-2-4-6-13/h2-6,9-11,18H,12H2,1H3. The molecule has 0 saturated heterocycles. The summed E-state index contributed by atoms with van der Waals surface area (Å²) in [6, 6.07) is 9.62. The van der Waals surface area contributed by atoms with Gasteiger partial charge in [0, 0.05) is 17.6 Å². The molecular formula is C16H14O3. The number of benzene rings is 1. The minimum atomic E-state index is -1.56. The van der Waals surface area contributed by atoms with Crippen LogP contribution in [0, 0.1) is 11.8 Å². The number of rotatable bonds is 1. The van der Waals surface area contributed by atoms with E-state index in [4.69, 9.17) is 0 Å². The van der Waals surface area contributed by atoms with Crippen LogP contribution in [0.25, 0.3) is 0 Å². The van der Waals surface area contributed by atoms with Crippen molar-refractivity contribution >= 4 is 5.97 Å². The average molecular weight is 254 g/mol. The third-order valence-electron chi connectivity index (χ3n) is 2.84. The molecule has 0 amide bonds. The Labute approximate surface area is 112 Å². The normalized spacial score (nSPS) is 21.1. The molecule has 1 unspecified atom stereocenters. The minimum absolute atomic E-state index is 0.176. The lowest BCUT2D eigenvalue weighted by atomic mass is 9.92. The van der Waals surface area contributed by atoms with Gasteiger partial charge < -0.3 is 9.84 Å². The van der Waals surface area contributed by atoms with E-state index in [1.54, 1.807) is 12.2 Å². The first-order valence-electron chi connectivity index (χ1n) is 5.91. The molecule has 0 bridgehead atoms. The highest BCUT2D eigenvalue weighted by Gasteiger charge is 2.34. The Kier molecular flexibility index (Phi) is 3.84. The predicted molar refractivity (Wildman–Crippen MR) is 72.1 cm³/mol. The smallest absolute Gasteiger partial charge is 0.342 e. The number of aliphatic hydroxyl groups is 1. The molecule has 0 radical (unpaired) electrons. The number of hydrogen-bond donors (Lipinski definition) is 1. The monoisotopic (exact) mass is 254 g/mol. The maximum Gasteiger partial charge on any atom is 0.342 e. The molecule has 1 aromatic carbocycles. The van der Waals surface area contributed by atoms with Gasteiger partial charge in [-0.25, -0.2) is 4.79 Å². The lowest BCUT2D eigenvalue weighted by Crippen LogP contribution is -2.38. The number of hydrogen-bond acceptors (Lipinski definition) is 3. The van der Waals surface area contributed by atoms with Crippen LogP contribution >= 0.6 is 0 Å². The fourth-order valence-electron chi connectivity index (χ4n) is 1.72. The molecule has 0 aliphatic heterocycles. The number of carbonyl (C=O) groups excluding carboxylic acids is 1. The van der Waals surface area contributed by atoms with Crippen LogP contribution in [0.5, 0.6) is 0 Å². The highest BCUT2D eigenvalue weighted by Crippen LogP contribution is 2.22. The van der Waals surface area contributed by atoms with Crippen molar-refractivity contribution in [3.05, 3.63) is 59.7 Å². The largest absolute Gasteiger partial charge is 0.467 e. The van der Waals surface area contributed by atoms with Gasteiger partial charge in [-0.3, -0.25) is 0 Å². The number of esters is 1. The van der Waals surface area contributed by atoms with E-state index in [0.29, 0.717) is 0 Å². The van der Waals surface area contributed by atoms with Crippen LogP contribution in [-0.2, 0) is 9.53 Å². The van der Waals surface area contributed by atoms with Crippen molar-refractivity contribution in [2.75, 3.05) is 7.11 Å². The molecule has 3 nitrogen and oxygen atoms in total. The Hall–Kier alpha value is -2.31. The second-order valence-corrected chi connectivity index (χ2v) is 4.23. The van der Waals surface area contributed by atoms with E-state index in [-0.39, 0.29) is 6.42 Å². The molecule has 3 heteroatoms. The van der Waals surface area contributed by atoms with Gasteiger partial charge in [-0.05, 0) is 24.3 Å². The first-order chi connectivity index (χ1) is 9.14. The first-order valence-corrected chi connectivity index (χ1v) is 5.91. The van der Waals surface area contributed by atoms with Crippen molar-refractivity contribution in [2.24, 2.45) is 0 Å². The van der Waals surface area contributed by atoms with Gasteiger partial charge in [0.2, 0.25) is 0 Å². The molecule has 0 aromatic heterocycles. The highest BCUT2D eigenvalue weighted by molar-refractivity contribution is 5.82. The van der Waals surface area contributed by atoms with Gasteiger partial charge in [0.1, 0.15) is 0 Å². The van der Waals surface area contributed by atoms with E-state index < -0.39 is 11.6 Å². The van der Waals surface area contributed by atoms with E-state index in [1.165, 1.54) is 13.2 Å². The van der Waals surface area contributed by atoms with Gasteiger partial charge in [0.25, 0.3) is 0 Å². The second-order valence-electron chi connectivity index (χ2n) is 4.23. The Balaban J connectivity index is 2.10. The van der Waals surface area contributed by atoms with Crippen LogP contribution in [0.2, 0.25) is 0 Å². The molecule has 1 N–H and O–H groups in total. The molecule has 1 aliphatic carbocycles. The summed E-state index contributed by atoms with van der Waals surface area (Å²) in [4.78, 5) is 11.4. The summed E-state index contributed by atoms with van der Waals surface area (Å²) < 4.78 is 4.55. The van der Waals surface area contributed by atoms with Gasteiger partial charge >= 0.3 is 5.97 Å². The lowest BCUT2D eigenvalue weighted by molar-refractivity contribution is -0.157. The zero-order valence-corrected chi connectivity index (χ0v) is 10.6. The number of methoxy groups -OCH3 is 1. The molecule has 1 aliphatic rings. The van der Waals surface area contributed by atoms with Gasteiger partial charge in [-0.15, -0.1) is 0 Å². The topological polar surface area (TPSA) is 46.5 Å². The van der Waals surface area contributed by atoms with E-state index in [2.05, 4.69) is 16.6 Å². The summed E-state index contributed by atoms with van der Waals surface area (Å²) in [7, 11) is 1.25. The van der Waals surface area contributed by atoms with Crippen molar-refractivity contribution < 1.29 is 14.6 Å². The third-order valence-corrected chi connectivity index (χ3v) is 2.84. The second kappa shape index (κ2) is 5.55. The molecule has 19 heavy (non-hydrogen) atoms. The zero-order chi connectivity index (χ0) is 13.7. The Bertz CT molecular complexity index is 587. The SMILES string of the molecule is COC(=O)C1(O)C=CC(C#Cc2ccccc2)=CC1. The van der Waals surface area contributed by atoms with Gasteiger partial charge in [0.05, 0.1) is 7.11 Å². The van der Waals surface area contributed by atoms with Crippen molar-refractivity contribution in [1.82, 2.24) is 0 Å². The average Bonchev–Trinajstić information content (AvgIpc) is 2.47. The molecule has 0 fully saturated rings. The third kappa shape index (κ3) is 3.12. The Morgan fingerprint density at radius 1 is 1.32 bits per heavy atom. The fourth-order valence-corrected chi connectivity index (χ4v) is 1.72. The summed E-state index contributed by atoms with van der Waals surface area (Å²) in [6.45, 7) is 0. The van der Waals surface area contributed by atoms with Crippen molar-refractivity contribution in [2.45, 2.75) is 12.0 Å². The van der Waals surface area contributed by atoms with Crippen molar-refractivity contribution in [3.63, 3.8) is 0 Å². The molecule has 0 spiro atoms. The van der Waals surface area contributed by atoms with Crippen LogP contribution in [0.4, 0.5) is 0 Å². The molecular weight excluding hydrogens is 240 g/mol. The van der Waals surface area contributed by atoms with Crippen LogP contribution in [0.15, 0.2) is 54.1 Å². The molecule has 1 aromatic rings. The quantitative estimate of drug-likeness (QED) is 0.614. The molecule has 0 heterocycles. The van der Waals surface area contributed by atoms with Gasteiger partial charge in [-0.2, -0.15) is 0 Å². The van der Waals surface area contributed by atoms with E-state index in [0.717, 1.165) is 11.1 Å². The molecule has 0 saturated carbocycles. The maximum atomic E-state index is 11.4. The van der Waals surface area contributed by atoms with Gasteiger partial charge in [0.15, 0.2) is 5.60 Å². The number of ether oxygens (including phenoxy) is 1. The minimum Gasteiger partial charge on any atom is -0.467 e. The summed E-state index contributed by atoms with van der Waals surface area (Å²) in [6.07, 6.45) is 4.96. The molecule has 96 valence electrons. The Morgan fingerprint density at radius 2 is 2.05 bits per heavy atom. The van der Waals surface area contributed by atoms with E-state index in [9.17, 15) is 9.90 Å². The van der Waals surface area contributed by atoms with Crippen LogP contribution in [0.3, 0.4) is 0 Å². The summed E-state index contributed by atoms with van der Waals surface area (Å²) >= 11 is 0. The fraction of sp³-hybridized carbons (Fsp3) is 0.188. The maximum absolute atomic E-state index is 11.4. The zero-order valence-electron chi connectivity index (χ0n) is 10.6. The first kappa shape index (κ1) is 13.1. The highest BCUT2D eigenvalue weighted by atomic mass is 16.5.